The largest absolute Gasteiger partial charge is 0.390 e. The summed E-state index contributed by atoms with van der Waals surface area (Å²) in [5.41, 5.74) is 6.55. The van der Waals surface area contributed by atoms with E-state index in [1.165, 1.54) is 41.6 Å². The summed E-state index contributed by atoms with van der Waals surface area (Å²) in [6, 6.07) is 16.3. The van der Waals surface area contributed by atoms with Gasteiger partial charge in [0, 0.05) is 45.9 Å². The van der Waals surface area contributed by atoms with Gasteiger partial charge in [0.1, 0.15) is 0 Å². The predicted octanol–water partition coefficient (Wildman–Crippen LogP) is 8.46. The normalized spacial score (nSPS) is 22.5. The second-order valence-corrected chi connectivity index (χ2v) is 13.8. The summed E-state index contributed by atoms with van der Waals surface area (Å²) in [5.74, 6) is 0.737. The van der Waals surface area contributed by atoms with Crippen molar-refractivity contribution in [2.75, 3.05) is 12.4 Å². The van der Waals surface area contributed by atoms with Crippen molar-refractivity contribution in [3.8, 4) is 0 Å². The van der Waals surface area contributed by atoms with E-state index in [1.54, 1.807) is 0 Å². The minimum Gasteiger partial charge on any atom is -0.390 e. The number of nitrogens with one attached hydrogen (secondary N) is 2. The third-order valence-electron chi connectivity index (χ3n) is 10.7. The number of hydrogen-bond acceptors (Lipinski definition) is 2. The molecule has 1 aromatic heterocycles. The van der Waals surface area contributed by atoms with Gasteiger partial charge >= 0.3 is 0 Å². The second-order valence-electron chi connectivity index (χ2n) is 13.8. The zero-order valence-corrected chi connectivity index (χ0v) is 27.1. The van der Waals surface area contributed by atoms with Gasteiger partial charge in [0.25, 0.3) is 0 Å². The fourth-order valence-corrected chi connectivity index (χ4v) is 7.10. The molecule has 2 atom stereocenters. The molecule has 2 aliphatic rings. The molecule has 226 valence electrons. The highest BCUT2D eigenvalue weighted by Crippen LogP contribution is 2.48. The highest BCUT2D eigenvalue weighted by atomic mass is 15.1. The number of hydrogen-bond donors (Lipinski definition) is 2. The van der Waals surface area contributed by atoms with Crippen LogP contribution in [0.1, 0.15) is 76.5 Å². The highest BCUT2D eigenvalue weighted by Gasteiger charge is 2.41. The molecule has 0 radical (unpaired) electrons. The van der Waals surface area contributed by atoms with Crippen molar-refractivity contribution < 1.29 is 0 Å². The molecule has 3 aromatic rings. The monoisotopic (exact) mass is 573 g/mol. The van der Waals surface area contributed by atoms with Crippen molar-refractivity contribution in [2.24, 2.45) is 11.3 Å². The molecule has 1 saturated carbocycles. The Hall–Kier alpha value is -3.72. The zero-order chi connectivity index (χ0) is 30.9. The van der Waals surface area contributed by atoms with E-state index in [0.29, 0.717) is 6.04 Å². The third-order valence-corrected chi connectivity index (χ3v) is 10.7. The highest BCUT2D eigenvalue weighted by molar-refractivity contribution is 5.87. The van der Waals surface area contributed by atoms with Crippen LogP contribution in [0, 0.1) is 18.3 Å². The molecule has 5 rings (SSSR count). The first-order chi connectivity index (χ1) is 20.5. The van der Waals surface area contributed by atoms with Crippen LogP contribution in [0.4, 0.5) is 5.69 Å². The third kappa shape index (κ3) is 5.92. The lowest BCUT2D eigenvalue weighted by molar-refractivity contribution is 0.236. The number of fused-ring (bicyclic) bond motifs is 1. The van der Waals surface area contributed by atoms with E-state index in [-0.39, 0.29) is 16.9 Å². The van der Waals surface area contributed by atoms with Gasteiger partial charge in [0.05, 0.1) is 6.04 Å². The summed E-state index contributed by atoms with van der Waals surface area (Å²) >= 11 is 0. The Morgan fingerprint density at radius 1 is 1.09 bits per heavy atom. The minimum atomic E-state index is 0.0721. The molecular formula is C40H51N3. The fraction of sp³-hybridized carbons (Fsp3) is 0.400. The molecule has 3 heteroatoms. The first-order valence-corrected chi connectivity index (χ1v) is 16.0. The average molecular weight is 574 g/mol. The van der Waals surface area contributed by atoms with Crippen LogP contribution in [0.5, 0.6) is 0 Å². The Labute approximate surface area is 259 Å². The van der Waals surface area contributed by atoms with Gasteiger partial charge in [-0.15, -0.1) is 6.58 Å². The Kier molecular flexibility index (Phi) is 8.65. The molecule has 0 bridgehead atoms. The zero-order valence-electron chi connectivity index (χ0n) is 27.1. The molecular weight excluding hydrogens is 522 g/mol. The van der Waals surface area contributed by atoms with Gasteiger partial charge in [0.2, 0.25) is 0 Å². The quantitative estimate of drug-likeness (QED) is 0.213. The molecule has 1 heterocycles. The predicted molar refractivity (Wildman–Crippen MR) is 188 cm³/mol. The lowest BCUT2D eigenvalue weighted by Gasteiger charge is -2.44. The van der Waals surface area contributed by atoms with E-state index in [2.05, 4.69) is 130 Å². The lowest BCUT2D eigenvalue weighted by atomic mass is 9.60. The summed E-state index contributed by atoms with van der Waals surface area (Å²) in [5, 5.41) is 11.4. The van der Waals surface area contributed by atoms with Crippen molar-refractivity contribution >= 4 is 29.6 Å². The van der Waals surface area contributed by atoms with Crippen LogP contribution in [0.15, 0.2) is 91.2 Å². The van der Waals surface area contributed by atoms with Crippen molar-refractivity contribution in [1.82, 2.24) is 9.88 Å². The van der Waals surface area contributed by atoms with Crippen LogP contribution in [-0.4, -0.2) is 17.7 Å². The standard InChI is InChI=1S/C40H51N3/c1-10-11-12-38(28(3)41-9)43-29(4)36-18-17-34(26-37(36)30(43)5)42-35-24-32(25-35)23-31-19-21-40(8,22-20-31)39(6,7)33-15-13-27(2)14-16-33/h10,13-21,26,32,35,38,41-42H,1,3-5,11-12,22-25H2,2,6-9H3. The number of nitrogens with zero attached hydrogens (tertiary/aromatic N) is 1. The van der Waals surface area contributed by atoms with E-state index in [4.69, 9.17) is 0 Å². The van der Waals surface area contributed by atoms with Gasteiger partial charge in [-0.25, -0.2) is 0 Å². The van der Waals surface area contributed by atoms with Crippen molar-refractivity contribution in [3.63, 3.8) is 0 Å². The number of allylic oxidation sites excluding steroid dienone is 6. The molecule has 2 unspecified atom stereocenters. The summed E-state index contributed by atoms with van der Waals surface area (Å²) < 4.78 is 2.24. The molecule has 2 N–H and O–H groups in total. The number of rotatable bonds is 12. The van der Waals surface area contributed by atoms with Crippen LogP contribution < -0.4 is 21.3 Å². The molecule has 43 heavy (non-hydrogen) atoms. The van der Waals surface area contributed by atoms with E-state index in [9.17, 15) is 0 Å². The number of likely N-dealkylation sites (N-methyl/N-ethyl adjacent to an activating group) is 1. The summed E-state index contributed by atoms with van der Waals surface area (Å²) in [4.78, 5) is 0. The maximum Gasteiger partial charge on any atom is 0.0734 e. The maximum atomic E-state index is 4.48. The molecule has 0 saturated heterocycles. The fourth-order valence-electron chi connectivity index (χ4n) is 7.10. The van der Waals surface area contributed by atoms with E-state index in [0.717, 1.165) is 52.3 Å². The first-order valence-electron chi connectivity index (χ1n) is 16.0. The smallest absolute Gasteiger partial charge is 0.0734 e. The number of aryl methyl sites for hydroxylation is 1. The Balaban J connectivity index is 1.20. The molecule has 0 aliphatic heterocycles. The molecule has 0 spiro atoms. The van der Waals surface area contributed by atoms with Crippen LogP contribution in [0.2, 0.25) is 0 Å². The van der Waals surface area contributed by atoms with Gasteiger partial charge in [-0.1, -0.05) is 106 Å². The van der Waals surface area contributed by atoms with E-state index >= 15 is 0 Å². The molecule has 2 aliphatic carbocycles. The van der Waals surface area contributed by atoms with E-state index < -0.39 is 0 Å². The van der Waals surface area contributed by atoms with E-state index in [1.807, 2.05) is 13.1 Å². The first kappa shape index (κ1) is 30.7. The van der Waals surface area contributed by atoms with Crippen molar-refractivity contribution in [1.29, 1.82) is 0 Å². The minimum absolute atomic E-state index is 0.0721. The topological polar surface area (TPSA) is 29.0 Å². The van der Waals surface area contributed by atoms with Crippen LogP contribution in [0.3, 0.4) is 0 Å². The lowest BCUT2D eigenvalue weighted by Crippen LogP contribution is -2.38. The number of benzene rings is 2. The summed E-state index contributed by atoms with van der Waals surface area (Å²) in [6.45, 7) is 26.5. The van der Waals surface area contributed by atoms with Crippen LogP contribution in [0.25, 0.3) is 23.9 Å². The Morgan fingerprint density at radius 3 is 2.42 bits per heavy atom. The maximum absolute atomic E-state index is 4.48. The van der Waals surface area contributed by atoms with Gasteiger partial charge in [0.15, 0.2) is 0 Å². The Bertz CT molecular complexity index is 1660. The molecule has 3 nitrogen and oxygen atoms in total. The van der Waals surface area contributed by atoms with Crippen molar-refractivity contribution in [2.45, 2.75) is 83.7 Å². The molecule has 0 amide bonds. The van der Waals surface area contributed by atoms with Gasteiger partial charge < -0.3 is 15.2 Å². The number of anilines is 1. The number of aromatic nitrogens is 1. The van der Waals surface area contributed by atoms with Gasteiger partial charge in [-0.05, 0) is 79.9 Å². The molecule has 2 aromatic carbocycles. The second kappa shape index (κ2) is 12.1. The van der Waals surface area contributed by atoms with Crippen LogP contribution in [-0.2, 0) is 5.41 Å². The average Bonchev–Trinajstić information content (AvgIpc) is 3.22. The summed E-state index contributed by atoms with van der Waals surface area (Å²) in [7, 11) is 1.93. The van der Waals surface area contributed by atoms with Gasteiger partial charge in [-0.3, -0.25) is 0 Å². The van der Waals surface area contributed by atoms with Crippen LogP contribution >= 0.6 is 0 Å². The van der Waals surface area contributed by atoms with Crippen molar-refractivity contribution in [3.05, 3.63) is 113 Å². The SMILES string of the molecule is C=CCCC(C(=C)NC)n1c(=C)c2ccc(NC3CC(CC4=CCC(C)(C(C)(C)c5ccc(C)cc5)C=C4)C3)cc2c1=C. The Morgan fingerprint density at radius 2 is 1.79 bits per heavy atom. The summed E-state index contributed by atoms with van der Waals surface area (Å²) in [6.07, 6.45) is 15.9. The molecule has 1 fully saturated rings. The van der Waals surface area contributed by atoms with Gasteiger partial charge in [-0.2, -0.15) is 0 Å².